The molecule has 1 aliphatic rings. The molecule has 0 unspecified atom stereocenters. The molecule has 0 spiro atoms. The number of nitrogens with one attached hydrogen (secondary N) is 1. The van der Waals surface area contributed by atoms with E-state index in [9.17, 15) is 9.18 Å². The molecule has 16 heavy (non-hydrogen) atoms. The predicted molar refractivity (Wildman–Crippen MR) is 57.3 cm³/mol. The van der Waals surface area contributed by atoms with Gasteiger partial charge in [0.25, 0.3) is 0 Å². The minimum absolute atomic E-state index is 0.0559. The molecule has 2 rings (SSSR count). The van der Waals surface area contributed by atoms with Crippen LogP contribution in [-0.4, -0.2) is 5.91 Å². The third kappa shape index (κ3) is 1.86. The molecule has 0 saturated heterocycles. The molecule has 1 aromatic rings. The molecule has 0 aromatic heterocycles. The summed E-state index contributed by atoms with van der Waals surface area (Å²) in [5.41, 5.74) is -0.487. The second-order valence-corrected chi connectivity index (χ2v) is 4.18. The first-order valence-corrected chi connectivity index (χ1v) is 5.13. The van der Waals surface area contributed by atoms with Gasteiger partial charge in [-0.05, 0) is 31.0 Å². The van der Waals surface area contributed by atoms with Gasteiger partial charge in [0.05, 0.1) is 11.1 Å². The van der Waals surface area contributed by atoms with Crippen LogP contribution in [0.3, 0.4) is 0 Å². The summed E-state index contributed by atoms with van der Waals surface area (Å²) < 4.78 is 12.9. The Bertz CT molecular complexity index is 491. The van der Waals surface area contributed by atoms with E-state index >= 15 is 0 Å². The molecule has 0 atom stereocenters. The first kappa shape index (κ1) is 10.9. The van der Waals surface area contributed by atoms with Crippen LogP contribution in [0.15, 0.2) is 18.2 Å². The van der Waals surface area contributed by atoms with Crippen molar-refractivity contribution in [2.75, 3.05) is 5.32 Å². The molecule has 0 heterocycles. The second-order valence-electron chi connectivity index (χ2n) is 3.78. The molecular formula is C11H8ClFN2O. The Labute approximate surface area is 96.8 Å². The molecule has 1 N–H and O–H groups in total. The van der Waals surface area contributed by atoms with E-state index in [4.69, 9.17) is 16.9 Å². The number of nitrogens with zero attached hydrogens (tertiary/aromatic N) is 1. The topological polar surface area (TPSA) is 52.9 Å². The Balaban J connectivity index is 2.13. The molecular weight excluding hydrogens is 231 g/mol. The SMILES string of the molecule is N#CC1(C(=O)Nc2ccc(F)c(Cl)c2)CC1. The van der Waals surface area contributed by atoms with Gasteiger partial charge in [0, 0.05) is 5.69 Å². The van der Waals surface area contributed by atoms with Crippen molar-refractivity contribution in [1.82, 2.24) is 0 Å². The highest BCUT2D eigenvalue weighted by Crippen LogP contribution is 2.45. The Kier molecular flexibility index (Phi) is 2.56. The van der Waals surface area contributed by atoms with Crippen molar-refractivity contribution in [1.29, 1.82) is 5.26 Å². The van der Waals surface area contributed by atoms with Gasteiger partial charge in [-0.2, -0.15) is 5.26 Å². The van der Waals surface area contributed by atoms with E-state index in [0.29, 0.717) is 18.5 Å². The summed E-state index contributed by atoms with van der Waals surface area (Å²) in [6.07, 6.45) is 1.15. The Morgan fingerprint density at radius 3 is 2.75 bits per heavy atom. The molecule has 0 aliphatic heterocycles. The van der Waals surface area contributed by atoms with Crippen molar-refractivity contribution in [3.8, 4) is 6.07 Å². The zero-order chi connectivity index (χ0) is 11.8. The van der Waals surface area contributed by atoms with E-state index in [2.05, 4.69) is 5.32 Å². The maximum Gasteiger partial charge on any atom is 0.244 e. The first-order valence-electron chi connectivity index (χ1n) is 4.75. The van der Waals surface area contributed by atoms with Gasteiger partial charge in [0.1, 0.15) is 11.2 Å². The smallest absolute Gasteiger partial charge is 0.244 e. The molecule has 1 aliphatic carbocycles. The van der Waals surface area contributed by atoms with E-state index in [0.717, 1.165) is 0 Å². The zero-order valence-electron chi connectivity index (χ0n) is 8.26. The number of benzene rings is 1. The van der Waals surface area contributed by atoms with E-state index in [1.165, 1.54) is 18.2 Å². The third-order valence-corrected chi connectivity index (χ3v) is 2.87. The quantitative estimate of drug-likeness (QED) is 0.861. The van der Waals surface area contributed by atoms with E-state index in [1.807, 2.05) is 6.07 Å². The number of amides is 1. The summed E-state index contributed by atoms with van der Waals surface area (Å²) in [7, 11) is 0. The van der Waals surface area contributed by atoms with Crippen molar-refractivity contribution in [3.05, 3.63) is 29.0 Å². The lowest BCUT2D eigenvalue weighted by molar-refractivity contribution is -0.119. The van der Waals surface area contributed by atoms with Gasteiger partial charge in [-0.15, -0.1) is 0 Å². The van der Waals surface area contributed by atoms with Crippen LogP contribution in [0.4, 0.5) is 10.1 Å². The number of nitriles is 1. The molecule has 1 fully saturated rings. The van der Waals surface area contributed by atoms with Gasteiger partial charge < -0.3 is 5.32 Å². The molecule has 0 radical (unpaired) electrons. The van der Waals surface area contributed by atoms with Crippen LogP contribution in [0.5, 0.6) is 0 Å². The number of carbonyl (C=O) groups excluding carboxylic acids is 1. The number of anilines is 1. The molecule has 5 heteroatoms. The van der Waals surface area contributed by atoms with Crippen molar-refractivity contribution in [2.24, 2.45) is 5.41 Å². The summed E-state index contributed by atoms with van der Waals surface area (Å²) in [6.45, 7) is 0. The summed E-state index contributed by atoms with van der Waals surface area (Å²) in [5.74, 6) is -0.890. The molecule has 0 bridgehead atoms. The van der Waals surface area contributed by atoms with Crippen molar-refractivity contribution in [3.63, 3.8) is 0 Å². The van der Waals surface area contributed by atoms with E-state index in [-0.39, 0.29) is 10.9 Å². The fourth-order valence-corrected chi connectivity index (χ4v) is 1.52. The number of hydrogen-bond donors (Lipinski definition) is 1. The summed E-state index contributed by atoms with van der Waals surface area (Å²) >= 11 is 5.57. The summed E-state index contributed by atoms with van der Waals surface area (Å²) in [6, 6.07) is 5.88. The fraction of sp³-hybridized carbons (Fsp3) is 0.273. The molecule has 1 aromatic carbocycles. The second kappa shape index (κ2) is 3.76. The Hall–Kier alpha value is -1.60. The van der Waals surface area contributed by atoms with Crippen LogP contribution in [0, 0.1) is 22.6 Å². The lowest BCUT2D eigenvalue weighted by Gasteiger charge is -2.08. The Morgan fingerprint density at radius 2 is 2.25 bits per heavy atom. The highest BCUT2D eigenvalue weighted by molar-refractivity contribution is 6.31. The molecule has 82 valence electrons. The standard InChI is InChI=1S/C11H8ClFN2O/c12-8-5-7(1-2-9(8)13)15-10(16)11(6-14)3-4-11/h1-2,5H,3-4H2,(H,15,16). The molecule has 3 nitrogen and oxygen atoms in total. The number of halogens is 2. The predicted octanol–water partition coefficient (Wildman–Crippen LogP) is 2.72. The number of hydrogen-bond acceptors (Lipinski definition) is 2. The van der Waals surface area contributed by atoms with Gasteiger partial charge in [0.2, 0.25) is 5.91 Å². The third-order valence-electron chi connectivity index (χ3n) is 2.58. The van der Waals surface area contributed by atoms with Crippen molar-refractivity contribution < 1.29 is 9.18 Å². The Morgan fingerprint density at radius 1 is 1.56 bits per heavy atom. The maximum absolute atomic E-state index is 12.9. The number of carbonyl (C=O) groups is 1. The van der Waals surface area contributed by atoms with Crippen LogP contribution >= 0.6 is 11.6 Å². The van der Waals surface area contributed by atoms with Gasteiger partial charge in [-0.25, -0.2) is 4.39 Å². The average molecular weight is 239 g/mol. The van der Waals surface area contributed by atoms with Crippen LogP contribution in [0.1, 0.15) is 12.8 Å². The lowest BCUT2D eigenvalue weighted by atomic mass is 10.1. The number of rotatable bonds is 2. The van der Waals surface area contributed by atoms with Crippen LogP contribution in [0.2, 0.25) is 5.02 Å². The van der Waals surface area contributed by atoms with Crippen molar-refractivity contribution in [2.45, 2.75) is 12.8 Å². The van der Waals surface area contributed by atoms with Crippen LogP contribution < -0.4 is 5.32 Å². The van der Waals surface area contributed by atoms with Gasteiger partial charge in [-0.1, -0.05) is 11.6 Å². The largest absolute Gasteiger partial charge is 0.325 e. The lowest BCUT2D eigenvalue weighted by Crippen LogP contribution is -2.22. The average Bonchev–Trinajstić information content (AvgIpc) is 3.04. The molecule has 1 amide bonds. The van der Waals surface area contributed by atoms with Gasteiger partial charge in [-0.3, -0.25) is 4.79 Å². The fourth-order valence-electron chi connectivity index (χ4n) is 1.34. The summed E-state index contributed by atoms with van der Waals surface area (Å²) in [4.78, 5) is 11.7. The molecule has 1 saturated carbocycles. The van der Waals surface area contributed by atoms with E-state index in [1.54, 1.807) is 0 Å². The minimum Gasteiger partial charge on any atom is -0.325 e. The summed E-state index contributed by atoms with van der Waals surface area (Å²) in [5, 5.41) is 11.3. The van der Waals surface area contributed by atoms with Gasteiger partial charge in [0.15, 0.2) is 0 Å². The highest BCUT2D eigenvalue weighted by Gasteiger charge is 2.50. The minimum atomic E-state index is -0.888. The van der Waals surface area contributed by atoms with E-state index < -0.39 is 11.2 Å². The maximum atomic E-state index is 12.9. The van der Waals surface area contributed by atoms with Gasteiger partial charge >= 0.3 is 0 Å². The van der Waals surface area contributed by atoms with Crippen LogP contribution in [0.25, 0.3) is 0 Å². The highest BCUT2D eigenvalue weighted by atomic mass is 35.5. The monoisotopic (exact) mass is 238 g/mol. The first-order chi connectivity index (χ1) is 7.57. The normalized spacial score (nSPS) is 16.3. The zero-order valence-corrected chi connectivity index (χ0v) is 9.01. The van der Waals surface area contributed by atoms with Crippen molar-refractivity contribution >= 4 is 23.2 Å². The van der Waals surface area contributed by atoms with Crippen LogP contribution in [-0.2, 0) is 4.79 Å².